The Morgan fingerprint density at radius 2 is 0.688 bits per heavy atom. The van der Waals surface area contributed by atoms with Crippen LogP contribution in [-0.4, -0.2) is 68.4 Å². The molecule has 0 radical (unpaired) electrons. The van der Waals surface area contributed by atoms with Crippen LogP contribution in [0.25, 0.3) is 0 Å². The minimum Gasteiger partial charge on any atom is -0.480 e. The number of aliphatic hydroxyl groups is 3. The first kappa shape index (κ1) is 24.8. The molecule has 16 heavy (non-hydrogen) atoms. The van der Waals surface area contributed by atoms with Crippen molar-refractivity contribution in [3.05, 3.63) is 0 Å². The first-order valence-electron chi connectivity index (χ1n) is 3.29. The van der Waals surface area contributed by atoms with Gasteiger partial charge >= 0.3 is 17.9 Å². The third-order valence-corrected chi connectivity index (χ3v) is 0.406. The van der Waals surface area contributed by atoms with Crippen LogP contribution in [0.2, 0.25) is 0 Å². The number of aliphatic hydroxyl groups excluding tert-OH is 3. The number of hydrogen-bond donors (Lipinski definition) is 6. The van der Waals surface area contributed by atoms with Crippen LogP contribution in [0.15, 0.2) is 0 Å². The number of carbonyl (C=O) groups is 3. The average molecular weight is 368 g/mol. The van der Waals surface area contributed by atoms with Crippen molar-refractivity contribution < 1.29 is 86.8 Å². The second-order valence-electron chi connectivity index (χ2n) is 1.66. The van der Waals surface area contributed by atoms with Gasteiger partial charge in [0.25, 0.3) is 0 Å². The van der Waals surface area contributed by atoms with Crippen molar-refractivity contribution in [2.75, 3.05) is 19.8 Å². The maximum Gasteiger partial charge on any atom is 0.329 e. The Balaban J connectivity index is -0.0000000655. The van der Waals surface area contributed by atoms with Crippen LogP contribution in [0.5, 0.6) is 0 Å². The molecular formula is C6H12CeO9. The SMILES string of the molecule is O=C(O)CO.O=C(O)CO.O=C(O)CO.[Ce]. The predicted octanol–water partition coefficient (Wildman–Crippen LogP) is -2.81. The van der Waals surface area contributed by atoms with Gasteiger partial charge in [0.05, 0.1) is 0 Å². The van der Waals surface area contributed by atoms with Gasteiger partial charge in [-0.05, 0) is 0 Å². The number of rotatable bonds is 3. The summed E-state index contributed by atoms with van der Waals surface area (Å²) in [7, 11) is 0. The Morgan fingerprint density at radius 3 is 0.688 bits per heavy atom. The normalized spacial score (nSPS) is 6.94. The Labute approximate surface area is 124 Å². The van der Waals surface area contributed by atoms with Gasteiger partial charge < -0.3 is 30.6 Å². The topological polar surface area (TPSA) is 173 Å². The molecule has 0 saturated carbocycles. The minimum atomic E-state index is -1.19. The monoisotopic (exact) mass is 368 g/mol. The summed E-state index contributed by atoms with van der Waals surface area (Å²) < 4.78 is 0. The number of carboxylic acids is 3. The number of aliphatic carboxylic acids is 3. The average Bonchev–Trinajstić information content (AvgIpc) is 2.19. The fourth-order valence-electron chi connectivity index (χ4n) is 0. The molecule has 0 heterocycles. The molecule has 10 heteroatoms. The van der Waals surface area contributed by atoms with Crippen molar-refractivity contribution in [1.29, 1.82) is 0 Å². The van der Waals surface area contributed by atoms with E-state index in [2.05, 4.69) is 0 Å². The smallest absolute Gasteiger partial charge is 0.329 e. The van der Waals surface area contributed by atoms with Gasteiger partial charge in [-0.3, -0.25) is 0 Å². The summed E-state index contributed by atoms with van der Waals surface area (Å²) in [5, 5.41) is 45.0. The van der Waals surface area contributed by atoms with Gasteiger partial charge in [-0.1, -0.05) is 0 Å². The maximum absolute atomic E-state index is 9.12. The van der Waals surface area contributed by atoms with Crippen molar-refractivity contribution in [3.8, 4) is 0 Å². The second kappa shape index (κ2) is 20.1. The molecule has 0 unspecified atom stereocenters. The van der Waals surface area contributed by atoms with Gasteiger partial charge in [-0.2, -0.15) is 0 Å². The molecular weight excluding hydrogens is 356 g/mol. The maximum atomic E-state index is 9.12. The molecule has 0 atom stereocenters. The molecule has 0 aromatic rings. The number of hydrogen-bond acceptors (Lipinski definition) is 6. The summed E-state index contributed by atoms with van der Waals surface area (Å²) in [5.74, 6) is -3.57. The second-order valence-corrected chi connectivity index (χ2v) is 1.66. The zero-order valence-corrected chi connectivity index (χ0v) is 11.2. The van der Waals surface area contributed by atoms with E-state index in [1.807, 2.05) is 0 Å². The number of carboxylic acid groups (broad SMARTS) is 3. The quantitative estimate of drug-likeness (QED) is 0.307. The molecule has 94 valence electrons. The van der Waals surface area contributed by atoms with Gasteiger partial charge in [-0.25, -0.2) is 14.4 Å². The van der Waals surface area contributed by atoms with Crippen molar-refractivity contribution >= 4 is 17.9 Å². The Kier molecular flexibility index (Phi) is 31.1. The summed E-state index contributed by atoms with van der Waals surface area (Å²) >= 11 is 0. The fraction of sp³-hybridized carbons (Fsp3) is 0.500. The molecule has 0 aromatic heterocycles. The molecule has 0 spiro atoms. The molecule has 0 rings (SSSR count). The van der Waals surface area contributed by atoms with Crippen LogP contribution in [0.4, 0.5) is 0 Å². The fourth-order valence-corrected chi connectivity index (χ4v) is 0. The minimum absolute atomic E-state index is 0. The van der Waals surface area contributed by atoms with Crippen molar-refractivity contribution in [1.82, 2.24) is 0 Å². The van der Waals surface area contributed by atoms with E-state index in [0.717, 1.165) is 0 Å². The first-order valence-corrected chi connectivity index (χ1v) is 3.29. The van der Waals surface area contributed by atoms with Crippen LogP contribution in [-0.2, 0) is 14.4 Å². The van der Waals surface area contributed by atoms with E-state index in [-0.39, 0.29) is 41.7 Å². The van der Waals surface area contributed by atoms with E-state index in [1.54, 1.807) is 0 Å². The molecule has 0 fully saturated rings. The molecule has 6 N–H and O–H groups in total. The Morgan fingerprint density at radius 1 is 0.625 bits per heavy atom. The van der Waals surface area contributed by atoms with Crippen molar-refractivity contribution in [3.63, 3.8) is 0 Å². The molecule has 0 aromatic carbocycles. The van der Waals surface area contributed by atoms with Gasteiger partial charge in [-0.15, -0.1) is 0 Å². The van der Waals surface area contributed by atoms with Gasteiger partial charge in [0.1, 0.15) is 19.8 Å². The zero-order chi connectivity index (χ0) is 12.9. The van der Waals surface area contributed by atoms with E-state index in [1.165, 1.54) is 0 Å². The molecule has 0 saturated heterocycles. The van der Waals surface area contributed by atoms with E-state index in [4.69, 9.17) is 45.0 Å². The molecule has 0 amide bonds. The molecule has 0 aliphatic carbocycles. The standard InChI is InChI=1S/3C2H4O3.Ce/c3*3-1-2(4)5;/h3*3H,1H2,(H,4,5);. The molecule has 9 nitrogen and oxygen atoms in total. The van der Waals surface area contributed by atoms with Crippen LogP contribution < -0.4 is 0 Å². The van der Waals surface area contributed by atoms with E-state index < -0.39 is 37.7 Å². The Hall–Kier alpha value is -0.333. The summed E-state index contributed by atoms with van der Waals surface area (Å²) in [6.07, 6.45) is 0. The summed E-state index contributed by atoms with van der Waals surface area (Å²) in [6, 6.07) is 0. The summed E-state index contributed by atoms with van der Waals surface area (Å²) in [4.78, 5) is 27.4. The third kappa shape index (κ3) is 68.3. The van der Waals surface area contributed by atoms with E-state index in [9.17, 15) is 0 Å². The Bertz CT molecular complexity index is 159. The largest absolute Gasteiger partial charge is 0.480 e. The molecule has 0 aliphatic rings. The van der Waals surface area contributed by atoms with Crippen molar-refractivity contribution in [2.24, 2.45) is 0 Å². The van der Waals surface area contributed by atoms with E-state index in [0.29, 0.717) is 0 Å². The predicted molar refractivity (Wildman–Crippen MR) is 44.2 cm³/mol. The molecule has 0 aliphatic heterocycles. The summed E-state index contributed by atoms with van der Waals surface area (Å²) in [5.41, 5.74) is 0. The van der Waals surface area contributed by atoms with Crippen LogP contribution in [0, 0.1) is 41.7 Å². The van der Waals surface area contributed by atoms with Crippen LogP contribution in [0.3, 0.4) is 0 Å². The van der Waals surface area contributed by atoms with Gasteiger partial charge in [0.15, 0.2) is 0 Å². The van der Waals surface area contributed by atoms with Crippen LogP contribution >= 0.6 is 0 Å². The van der Waals surface area contributed by atoms with Crippen molar-refractivity contribution in [2.45, 2.75) is 0 Å². The third-order valence-electron chi connectivity index (χ3n) is 0.406. The molecule has 0 bridgehead atoms. The van der Waals surface area contributed by atoms with Crippen LogP contribution in [0.1, 0.15) is 0 Å². The van der Waals surface area contributed by atoms with Gasteiger partial charge in [0.2, 0.25) is 0 Å². The summed E-state index contributed by atoms with van der Waals surface area (Å²) in [6.45, 7) is -2.33. The zero-order valence-electron chi connectivity index (χ0n) is 8.03. The first-order chi connectivity index (χ1) is 6.81. The van der Waals surface area contributed by atoms with Gasteiger partial charge in [0, 0.05) is 41.7 Å². The van der Waals surface area contributed by atoms with E-state index >= 15 is 0 Å².